The van der Waals surface area contributed by atoms with Crippen molar-refractivity contribution in [3.63, 3.8) is 0 Å². The first-order chi connectivity index (χ1) is 16.5. The van der Waals surface area contributed by atoms with E-state index in [1.807, 2.05) is 63.2 Å². The zero-order valence-corrected chi connectivity index (χ0v) is 21.2. The van der Waals surface area contributed by atoms with Crippen LogP contribution in [0, 0.1) is 0 Å². The molecule has 0 spiro atoms. The van der Waals surface area contributed by atoms with Gasteiger partial charge in [0.2, 0.25) is 5.82 Å². The Morgan fingerprint density at radius 1 is 1.25 bits per heavy atom. The Morgan fingerprint density at radius 2 is 1.94 bits per heavy atom. The lowest BCUT2D eigenvalue weighted by Crippen LogP contribution is -2.42. The molecule has 1 amide bonds. The van der Waals surface area contributed by atoms with Crippen molar-refractivity contribution in [1.29, 1.82) is 0 Å². The predicted octanol–water partition coefficient (Wildman–Crippen LogP) is 4.57. The van der Waals surface area contributed by atoms with Gasteiger partial charge in [-0.25, -0.2) is 14.8 Å². The number of alkyl halides is 3. The first-order valence-electron chi connectivity index (χ1n) is 10.9. The topological polar surface area (TPSA) is 99.3 Å². The van der Waals surface area contributed by atoms with Gasteiger partial charge in [0, 0.05) is 18.3 Å². The van der Waals surface area contributed by atoms with Crippen molar-refractivity contribution in [1.82, 2.24) is 30.0 Å². The molecule has 1 aliphatic rings. The molecule has 0 saturated heterocycles. The van der Waals surface area contributed by atoms with Crippen molar-refractivity contribution in [2.75, 3.05) is 26.0 Å². The highest BCUT2D eigenvalue weighted by Crippen LogP contribution is 2.42. The van der Waals surface area contributed by atoms with E-state index < -0.39 is 29.7 Å². The van der Waals surface area contributed by atoms with Crippen LogP contribution < -0.4 is 5.32 Å². The fourth-order valence-corrected chi connectivity index (χ4v) is 3.99. The Labute approximate surface area is 213 Å². The minimum Gasteiger partial charge on any atom is -0.440 e. The van der Waals surface area contributed by atoms with Crippen molar-refractivity contribution in [3.05, 3.63) is 65.2 Å². The number of nitrogens with zero attached hydrogens (tertiary/aromatic N) is 5. The molecule has 0 bridgehead atoms. The minimum atomic E-state index is -4.67. The number of nitrogens with one attached hydrogen (secondary N) is 2. The lowest BCUT2D eigenvalue weighted by molar-refractivity contribution is -0.144. The van der Waals surface area contributed by atoms with E-state index in [-0.39, 0.29) is 31.7 Å². The zero-order chi connectivity index (χ0) is 25.4. The normalized spacial score (nSPS) is 15.3. The van der Waals surface area contributed by atoms with E-state index in [0.29, 0.717) is 17.8 Å². The fraction of sp³-hybridized carbons (Fsp3) is 0.391. The minimum absolute atomic E-state index is 0. The number of hydrogen-bond donors (Lipinski definition) is 2. The van der Waals surface area contributed by atoms with Crippen LogP contribution in [0.2, 0.25) is 0 Å². The summed E-state index contributed by atoms with van der Waals surface area (Å²) in [5, 5.41) is 9.91. The number of rotatable bonds is 6. The largest absolute Gasteiger partial charge is 0.451 e. The van der Waals surface area contributed by atoms with E-state index in [0.717, 1.165) is 11.8 Å². The molecule has 13 heteroatoms. The lowest BCUT2D eigenvalue weighted by Gasteiger charge is -2.33. The van der Waals surface area contributed by atoms with Crippen LogP contribution in [-0.2, 0) is 23.0 Å². The first-order valence-corrected chi connectivity index (χ1v) is 10.9. The molecule has 0 radical (unpaired) electrons. The molecule has 1 atom stereocenters. The van der Waals surface area contributed by atoms with Gasteiger partial charge >= 0.3 is 12.3 Å². The van der Waals surface area contributed by atoms with Gasteiger partial charge in [-0.3, -0.25) is 10.00 Å². The van der Waals surface area contributed by atoms with Crippen LogP contribution in [0.5, 0.6) is 0 Å². The van der Waals surface area contributed by atoms with E-state index in [2.05, 4.69) is 25.5 Å². The molecular formula is C23H28F3N7O2S. The average molecular weight is 524 g/mol. The zero-order valence-electron chi connectivity index (χ0n) is 20.2. The molecule has 194 valence electrons. The third-order valence-electron chi connectivity index (χ3n) is 5.79. The number of amides is 1. The molecule has 0 aliphatic carbocycles. The summed E-state index contributed by atoms with van der Waals surface area (Å²) in [5.41, 5.74) is 1.38. The Hall–Kier alpha value is -3.32. The maximum Gasteiger partial charge on any atom is 0.451 e. The Morgan fingerprint density at radius 3 is 2.58 bits per heavy atom. The van der Waals surface area contributed by atoms with Crippen LogP contribution in [0.4, 0.5) is 29.6 Å². The number of H-pyrrole nitrogens is 1. The van der Waals surface area contributed by atoms with E-state index in [9.17, 15) is 18.0 Å². The van der Waals surface area contributed by atoms with Gasteiger partial charge in [-0.1, -0.05) is 30.3 Å². The Bertz CT molecular complexity index is 1200. The van der Waals surface area contributed by atoms with Crippen molar-refractivity contribution in [2.45, 2.75) is 38.2 Å². The SMILES string of the molecule is CN(C)C[C@@H](OC(=O)N1Cc2c(Nc3ccnc(C(F)(F)F)n3)n[nH]c2C1(C)C)c1ccccc1.S. The van der Waals surface area contributed by atoms with Gasteiger partial charge in [-0.15, -0.1) is 0 Å². The van der Waals surface area contributed by atoms with Gasteiger partial charge in [0.1, 0.15) is 11.9 Å². The van der Waals surface area contributed by atoms with Crippen LogP contribution in [0.15, 0.2) is 42.6 Å². The van der Waals surface area contributed by atoms with E-state index in [4.69, 9.17) is 4.74 Å². The third kappa shape index (κ3) is 5.57. The number of carbonyl (C=O) groups excluding carboxylic acids is 1. The molecule has 4 rings (SSSR count). The molecule has 1 aromatic carbocycles. The van der Waals surface area contributed by atoms with E-state index in [1.54, 1.807) is 4.90 Å². The summed E-state index contributed by atoms with van der Waals surface area (Å²) in [6.07, 6.45) is -4.64. The Balaban J connectivity index is 0.00000361. The van der Waals surface area contributed by atoms with Crippen LogP contribution in [0.25, 0.3) is 0 Å². The smallest absolute Gasteiger partial charge is 0.440 e. The highest BCUT2D eigenvalue weighted by molar-refractivity contribution is 7.59. The number of anilines is 2. The lowest BCUT2D eigenvalue weighted by atomic mass is 10.0. The molecule has 0 unspecified atom stereocenters. The van der Waals surface area contributed by atoms with Gasteiger partial charge in [-0.2, -0.15) is 31.8 Å². The van der Waals surface area contributed by atoms with Crippen molar-refractivity contribution >= 4 is 31.2 Å². The van der Waals surface area contributed by atoms with Gasteiger partial charge in [0.05, 0.1) is 17.8 Å². The second kappa shape index (κ2) is 10.3. The third-order valence-corrected chi connectivity index (χ3v) is 5.79. The first kappa shape index (κ1) is 27.3. The second-order valence-corrected chi connectivity index (χ2v) is 9.00. The second-order valence-electron chi connectivity index (χ2n) is 9.00. The fourth-order valence-electron chi connectivity index (χ4n) is 3.99. The van der Waals surface area contributed by atoms with Crippen LogP contribution in [0.3, 0.4) is 0 Å². The molecular weight excluding hydrogens is 495 g/mol. The summed E-state index contributed by atoms with van der Waals surface area (Å²) in [7, 11) is 3.80. The molecule has 9 nitrogen and oxygen atoms in total. The summed E-state index contributed by atoms with van der Waals surface area (Å²) in [5.74, 6) is -1.04. The van der Waals surface area contributed by atoms with Gasteiger partial charge < -0.3 is 15.0 Å². The highest BCUT2D eigenvalue weighted by atomic mass is 32.1. The van der Waals surface area contributed by atoms with Crippen LogP contribution >= 0.6 is 13.5 Å². The summed E-state index contributed by atoms with van der Waals surface area (Å²) >= 11 is 0. The van der Waals surface area contributed by atoms with Gasteiger partial charge in [0.15, 0.2) is 5.82 Å². The molecule has 1 aliphatic heterocycles. The maximum atomic E-state index is 13.3. The Kier molecular flexibility index (Phi) is 7.84. The van der Waals surface area contributed by atoms with Crippen LogP contribution in [0.1, 0.15) is 42.6 Å². The van der Waals surface area contributed by atoms with Gasteiger partial charge in [-0.05, 0) is 39.6 Å². The number of fused-ring (bicyclic) bond motifs is 1. The maximum absolute atomic E-state index is 13.3. The van der Waals surface area contributed by atoms with Gasteiger partial charge in [0.25, 0.3) is 0 Å². The molecule has 36 heavy (non-hydrogen) atoms. The summed E-state index contributed by atoms with van der Waals surface area (Å²) in [4.78, 5) is 23.6. The van der Waals surface area contributed by atoms with Crippen molar-refractivity contribution in [2.24, 2.45) is 0 Å². The van der Waals surface area contributed by atoms with Crippen molar-refractivity contribution in [3.8, 4) is 0 Å². The molecule has 3 heterocycles. The van der Waals surface area contributed by atoms with E-state index >= 15 is 0 Å². The van der Waals surface area contributed by atoms with Crippen LogP contribution in [-0.4, -0.2) is 56.7 Å². The predicted molar refractivity (Wildman–Crippen MR) is 132 cm³/mol. The molecule has 0 fully saturated rings. The van der Waals surface area contributed by atoms with E-state index in [1.165, 1.54) is 6.07 Å². The van der Waals surface area contributed by atoms with Crippen molar-refractivity contribution < 1.29 is 22.7 Å². The number of benzene rings is 1. The number of likely N-dealkylation sites (N-methyl/N-ethyl adjacent to an activating group) is 1. The number of aromatic nitrogens is 4. The monoisotopic (exact) mass is 523 g/mol. The molecule has 2 aromatic heterocycles. The number of ether oxygens (including phenoxy) is 1. The number of aromatic amines is 1. The number of hydrogen-bond acceptors (Lipinski definition) is 7. The molecule has 3 aromatic rings. The average Bonchev–Trinajstić information content (AvgIpc) is 3.31. The number of carbonyl (C=O) groups is 1. The summed E-state index contributed by atoms with van der Waals surface area (Å²) < 4.78 is 44.9. The summed E-state index contributed by atoms with van der Waals surface area (Å²) in [6.45, 7) is 4.34. The molecule has 2 N–H and O–H groups in total. The quantitative estimate of drug-likeness (QED) is 0.489. The highest BCUT2D eigenvalue weighted by Gasteiger charge is 2.45. The summed E-state index contributed by atoms with van der Waals surface area (Å²) in [6, 6.07) is 10.8. The molecule has 0 saturated carbocycles. The standard InChI is InChI=1S/C23H26F3N7O2.H2S/c1-22(2)18-15(19(31-30-18)28-17-10-11-27-20(29-17)23(24,25)26)12-33(22)21(34)35-16(13-32(3)4)14-8-6-5-7-9-14;/h5-11,16H,12-13H2,1-4H3,(H2,27,28,29,30,31);1H2/t16-;/m1./s1. The number of halogens is 3.